The topological polar surface area (TPSA) is 62.8 Å². The molecule has 9 heavy (non-hydrogen) atoms. The van der Waals surface area contributed by atoms with E-state index in [0.717, 1.165) is 0 Å². The third kappa shape index (κ3) is 1.22. The van der Waals surface area contributed by atoms with Crippen molar-refractivity contribution in [3.8, 4) is 0 Å². The highest BCUT2D eigenvalue weighted by Gasteiger charge is 1.88. The van der Waals surface area contributed by atoms with Crippen molar-refractivity contribution >= 4 is 6.29 Å². The number of H-pyrrole nitrogens is 1. The molecule has 0 saturated heterocycles. The summed E-state index contributed by atoms with van der Waals surface area (Å²) < 4.78 is 0. The summed E-state index contributed by atoms with van der Waals surface area (Å²) >= 11 is 0. The van der Waals surface area contributed by atoms with Crippen LogP contribution in [0.4, 0.5) is 0 Å². The van der Waals surface area contributed by atoms with Crippen LogP contribution in [0.2, 0.25) is 0 Å². The number of nitrogens with zero attached hydrogens (tertiary/aromatic N) is 1. The molecule has 0 spiro atoms. The normalized spacial score (nSPS) is 8.89. The highest BCUT2D eigenvalue weighted by Crippen LogP contribution is 1.77. The largest absolute Gasteiger partial charge is 0.283 e. The van der Waals surface area contributed by atoms with Gasteiger partial charge in [0.1, 0.15) is 5.69 Å². The predicted molar refractivity (Wildman–Crippen MR) is 29.7 cm³/mol. The molecule has 0 atom stereocenters. The lowest BCUT2D eigenvalue weighted by molar-refractivity contribution is 0.560. The van der Waals surface area contributed by atoms with Crippen molar-refractivity contribution in [2.75, 3.05) is 0 Å². The lowest BCUT2D eigenvalue weighted by Gasteiger charge is -1.81. The van der Waals surface area contributed by atoms with Crippen LogP contribution in [-0.4, -0.2) is 16.5 Å². The lowest BCUT2D eigenvalue weighted by atomic mass is 10.4. The van der Waals surface area contributed by atoms with Gasteiger partial charge in [-0.25, -0.2) is 5.10 Å². The molecule has 0 aliphatic carbocycles. The van der Waals surface area contributed by atoms with E-state index in [-0.39, 0.29) is 11.3 Å². The lowest BCUT2D eigenvalue weighted by Crippen LogP contribution is -2.06. The van der Waals surface area contributed by atoms with E-state index in [9.17, 15) is 9.59 Å². The zero-order valence-electron chi connectivity index (χ0n) is 4.42. The Balaban J connectivity index is 3.16. The predicted octanol–water partition coefficient (Wildman–Crippen LogP) is -0.772. The van der Waals surface area contributed by atoms with E-state index in [1.807, 2.05) is 0 Å². The minimum atomic E-state index is -0.325. The van der Waals surface area contributed by atoms with Gasteiger partial charge in [-0.3, -0.25) is 9.59 Å². The molecule has 0 aromatic carbocycles. The average Bonchev–Trinajstić information content (AvgIpc) is 1.90. The van der Waals surface area contributed by atoms with E-state index in [1.165, 1.54) is 18.4 Å². The molecule has 0 bridgehead atoms. The van der Waals surface area contributed by atoms with Crippen molar-refractivity contribution < 1.29 is 4.79 Å². The Bertz CT molecular complexity index is 245. The molecule has 1 aromatic heterocycles. The molecule has 0 fully saturated rings. The molecule has 0 aliphatic rings. The van der Waals surface area contributed by atoms with Crippen molar-refractivity contribution in [3.05, 3.63) is 28.2 Å². The van der Waals surface area contributed by atoms with Crippen LogP contribution in [0.3, 0.4) is 0 Å². The summed E-state index contributed by atoms with van der Waals surface area (Å²) in [5.41, 5.74) is -0.219. The van der Waals surface area contributed by atoms with E-state index < -0.39 is 0 Å². The standard InChI is InChI=1S/C5H3N2O2/c8-3-4-1-2-5(9)7-6-4/h1-2H,(H,7,9). The van der Waals surface area contributed by atoms with Crippen molar-refractivity contribution in [1.29, 1.82) is 0 Å². The summed E-state index contributed by atoms with van der Waals surface area (Å²) in [5, 5.41) is 5.42. The number of nitrogens with one attached hydrogen (secondary N) is 1. The second-order valence-corrected chi connectivity index (χ2v) is 1.41. The number of carbonyl (C=O) groups excluding carboxylic acids is 1. The van der Waals surface area contributed by atoms with Gasteiger partial charge in [-0.05, 0) is 6.07 Å². The quantitative estimate of drug-likeness (QED) is 0.533. The van der Waals surface area contributed by atoms with Gasteiger partial charge >= 0.3 is 0 Å². The van der Waals surface area contributed by atoms with Gasteiger partial charge in [0, 0.05) is 6.07 Å². The fourth-order valence-corrected chi connectivity index (χ4v) is 0.401. The molecule has 0 amide bonds. The Morgan fingerprint density at radius 1 is 1.56 bits per heavy atom. The van der Waals surface area contributed by atoms with E-state index in [1.54, 1.807) is 0 Å². The smallest absolute Gasteiger partial charge is 0.264 e. The molecule has 1 heterocycles. The first-order chi connectivity index (χ1) is 4.33. The summed E-state index contributed by atoms with van der Waals surface area (Å²) in [6.45, 7) is 0. The highest BCUT2D eigenvalue weighted by molar-refractivity contribution is 5.71. The molecular weight excluding hydrogens is 120 g/mol. The maximum Gasteiger partial charge on any atom is 0.264 e. The molecule has 0 saturated carbocycles. The molecule has 1 rings (SSSR count). The molecule has 1 aromatic rings. The van der Waals surface area contributed by atoms with Crippen molar-refractivity contribution in [2.24, 2.45) is 0 Å². The third-order valence-corrected chi connectivity index (χ3v) is 0.784. The maximum absolute atomic E-state index is 10.3. The molecule has 0 unspecified atom stereocenters. The van der Waals surface area contributed by atoms with E-state index >= 15 is 0 Å². The summed E-state index contributed by atoms with van der Waals surface area (Å²) in [5.74, 6) is 0. The number of hydrogen-bond donors (Lipinski definition) is 1. The summed E-state index contributed by atoms with van der Waals surface area (Å²) in [4.78, 5) is 20.1. The van der Waals surface area contributed by atoms with Crippen LogP contribution in [0.1, 0.15) is 5.69 Å². The Kier molecular flexibility index (Phi) is 1.40. The number of aromatic nitrogens is 2. The van der Waals surface area contributed by atoms with Crippen LogP contribution in [-0.2, 0) is 4.79 Å². The molecule has 0 aliphatic heterocycles. The SMILES string of the molecule is O=[C]c1ccc(=O)[nH]n1. The minimum Gasteiger partial charge on any atom is -0.283 e. The fraction of sp³-hybridized carbons (Fsp3) is 0. The number of aromatic amines is 1. The van der Waals surface area contributed by atoms with Crippen LogP contribution >= 0.6 is 0 Å². The van der Waals surface area contributed by atoms with Gasteiger partial charge in [-0.15, -0.1) is 0 Å². The van der Waals surface area contributed by atoms with Gasteiger partial charge in [0.25, 0.3) is 11.8 Å². The minimum absolute atomic E-state index is 0.106. The maximum atomic E-state index is 10.3. The van der Waals surface area contributed by atoms with Gasteiger partial charge in [0.15, 0.2) is 0 Å². The Morgan fingerprint density at radius 3 is 2.78 bits per heavy atom. The molecule has 4 nitrogen and oxygen atoms in total. The molecule has 4 heteroatoms. The summed E-state index contributed by atoms with van der Waals surface area (Å²) in [7, 11) is 0. The zero-order valence-corrected chi connectivity index (χ0v) is 4.42. The van der Waals surface area contributed by atoms with E-state index in [2.05, 4.69) is 10.2 Å². The van der Waals surface area contributed by atoms with E-state index in [4.69, 9.17) is 0 Å². The molecule has 1 N–H and O–H groups in total. The van der Waals surface area contributed by atoms with Gasteiger partial charge < -0.3 is 0 Å². The first-order valence-corrected chi connectivity index (χ1v) is 2.27. The van der Waals surface area contributed by atoms with Crippen LogP contribution in [0.25, 0.3) is 0 Å². The van der Waals surface area contributed by atoms with Gasteiger partial charge in [0.05, 0.1) is 0 Å². The van der Waals surface area contributed by atoms with Crippen LogP contribution in [0.15, 0.2) is 16.9 Å². The number of rotatable bonds is 1. The summed E-state index contributed by atoms with van der Waals surface area (Å²) in [6, 6.07) is 2.51. The monoisotopic (exact) mass is 123 g/mol. The van der Waals surface area contributed by atoms with Crippen molar-refractivity contribution in [1.82, 2.24) is 10.2 Å². The molecule has 1 radical (unpaired) electrons. The van der Waals surface area contributed by atoms with Gasteiger partial charge in [-0.2, -0.15) is 5.10 Å². The van der Waals surface area contributed by atoms with Gasteiger partial charge in [-0.1, -0.05) is 0 Å². The summed E-state index contributed by atoms with van der Waals surface area (Å²) in [6.07, 6.45) is 1.52. The first-order valence-electron chi connectivity index (χ1n) is 2.27. The fourth-order valence-electron chi connectivity index (χ4n) is 0.401. The number of hydrogen-bond acceptors (Lipinski definition) is 3. The zero-order chi connectivity index (χ0) is 6.69. The van der Waals surface area contributed by atoms with Crippen LogP contribution in [0.5, 0.6) is 0 Å². The Hall–Kier alpha value is -1.45. The first kappa shape index (κ1) is 5.68. The molecular formula is C5H3N2O2. The third-order valence-electron chi connectivity index (χ3n) is 0.784. The Morgan fingerprint density at radius 2 is 2.33 bits per heavy atom. The van der Waals surface area contributed by atoms with Crippen LogP contribution < -0.4 is 5.56 Å². The highest BCUT2D eigenvalue weighted by atomic mass is 16.1. The Labute approximate surface area is 50.5 Å². The van der Waals surface area contributed by atoms with Gasteiger partial charge in [0.2, 0.25) is 0 Å². The average molecular weight is 123 g/mol. The second kappa shape index (κ2) is 2.21. The van der Waals surface area contributed by atoms with Crippen LogP contribution in [0, 0.1) is 0 Å². The van der Waals surface area contributed by atoms with Crippen molar-refractivity contribution in [2.45, 2.75) is 0 Å². The molecule has 45 valence electrons. The second-order valence-electron chi connectivity index (χ2n) is 1.41. The van der Waals surface area contributed by atoms with E-state index in [0.29, 0.717) is 0 Å². The van der Waals surface area contributed by atoms with Crippen molar-refractivity contribution in [3.63, 3.8) is 0 Å².